The monoisotopic (exact) mass is 222 g/mol. The van der Waals surface area contributed by atoms with Crippen molar-refractivity contribution in [3.8, 4) is 11.5 Å². The summed E-state index contributed by atoms with van der Waals surface area (Å²) in [6, 6.07) is 5.72. The van der Waals surface area contributed by atoms with Crippen molar-refractivity contribution < 1.29 is 24.5 Å². The maximum atomic E-state index is 5.40. The van der Waals surface area contributed by atoms with E-state index in [2.05, 4.69) is 15.0 Å². The molecule has 0 aromatic heterocycles. The summed E-state index contributed by atoms with van der Waals surface area (Å²) in [5, 5.41) is 0. The van der Waals surface area contributed by atoms with E-state index in [1.807, 2.05) is 25.1 Å². The predicted molar refractivity (Wildman–Crippen MR) is 49.3 cm³/mol. The normalized spacial score (nSPS) is 9.54. The van der Waals surface area contributed by atoms with Crippen molar-refractivity contribution in [2.45, 2.75) is 6.92 Å². The zero-order valence-corrected chi connectivity index (χ0v) is 8.64. The second-order valence-electron chi connectivity index (χ2n) is 2.57. The fourth-order valence-corrected chi connectivity index (χ4v) is 1.06. The summed E-state index contributed by atoms with van der Waals surface area (Å²) in [5.74, 6) is 1.63. The summed E-state index contributed by atoms with van der Waals surface area (Å²) in [7, 11) is 1.63. The Morgan fingerprint density at radius 1 is 1.46 bits per heavy atom. The molecule has 0 atom stereocenters. The van der Waals surface area contributed by atoms with Gasteiger partial charge in [0.15, 0.2) is 0 Å². The Hall–Kier alpha value is -0.816. The van der Waals surface area contributed by atoms with Crippen LogP contribution in [0.3, 0.4) is 0 Å². The van der Waals surface area contributed by atoms with E-state index in [0.717, 1.165) is 17.1 Å². The van der Waals surface area contributed by atoms with Crippen LogP contribution in [0.5, 0.6) is 11.5 Å². The second kappa shape index (κ2) is 5.03. The third kappa shape index (κ3) is 2.85. The molecule has 0 aliphatic rings. The van der Waals surface area contributed by atoms with E-state index in [1.54, 1.807) is 12.1 Å². The van der Waals surface area contributed by atoms with Crippen molar-refractivity contribution in [2.24, 2.45) is 0 Å². The van der Waals surface area contributed by atoms with Gasteiger partial charge >= 0.3 is 85.4 Å². The Labute approximate surface area is 85.8 Å². The van der Waals surface area contributed by atoms with E-state index in [9.17, 15) is 0 Å². The molecule has 3 heteroatoms. The first-order valence-electron chi connectivity index (χ1n) is 3.93. The topological polar surface area (TPSA) is 18.5 Å². The molecule has 13 heavy (non-hydrogen) atoms. The van der Waals surface area contributed by atoms with Crippen LogP contribution in [0.4, 0.5) is 0 Å². The van der Waals surface area contributed by atoms with E-state index in [-0.39, 0.29) is 0 Å². The number of ether oxygens (including phenoxy) is 2. The molecule has 0 unspecified atom stereocenters. The summed E-state index contributed by atoms with van der Waals surface area (Å²) in [6.45, 7) is 2.45. The SMILES string of the molecule is COc1ccc(C)c(OC[CH]=[Ni])c1. The number of hydrogen-bond donors (Lipinski definition) is 0. The zero-order valence-electron chi connectivity index (χ0n) is 7.65. The minimum absolute atomic E-state index is 0.466. The number of benzene rings is 1. The van der Waals surface area contributed by atoms with Gasteiger partial charge in [-0.15, -0.1) is 0 Å². The summed E-state index contributed by atoms with van der Waals surface area (Å²) in [5.41, 5.74) is 1.09. The van der Waals surface area contributed by atoms with Crippen LogP contribution in [-0.4, -0.2) is 18.7 Å². The van der Waals surface area contributed by atoms with Gasteiger partial charge in [-0.05, 0) is 0 Å². The molecule has 0 heterocycles. The molecule has 1 aromatic carbocycles. The molecule has 0 aliphatic carbocycles. The molecule has 0 bridgehead atoms. The van der Waals surface area contributed by atoms with Gasteiger partial charge in [0.2, 0.25) is 0 Å². The Morgan fingerprint density at radius 3 is 2.85 bits per heavy atom. The molecule has 2 nitrogen and oxygen atoms in total. The molecule has 0 amide bonds. The summed E-state index contributed by atoms with van der Waals surface area (Å²) in [6.07, 6.45) is 0. The van der Waals surface area contributed by atoms with Crippen LogP contribution in [-0.2, 0) is 15.0 Å². The summed E-state index contributed by atoms with van der Waals surface area (Å²) >= 11 is 4.40. The van der Waals surface area contributed by atoms with E-state index >= 15 is 0 Å². The van der Waals surface area contributed by atoms with Crippen molar-refractivity contribution in [2.75, 3.05) is 13.7 Å². The van der Waals surface area contributed by atoms with Crippen LogP contribution in [0.1, 0.15) is 5.56 Å². The van der Waals surface area contributed by atoms with Crippen molar-refractivity contribution in [1.29, 1.82) is 0 Å². The minimum atomic E-state index is 0.466. The first-order valence-corrected chi connectivity index (χ1v) is 4.50. The quantitative estimate of drug-likeness (QED) is 0.723. The number of aryl methyl sites for hydroxylation is 1. The first kappa shape index (κ1) is 10.3. The number of rotatable bonds is 4. The van der Waals surface area contributed by atoms with Gasteiger partial charge < -0.3 is 0 Å². The van der Waals surface area contributed by atoms with E-state index in [0.29, 0.717) is 6.61 Å². The third-order valence-electron chi connectivity index (χ3n) is 1.69. The van der Waals surface area contributed by atoms with Crippen molar-refractivity contribution >= 4 is 4.99 Å². The van der Waals surface area contributed by atoms with E-state index in [1.165, 1.54) is 0 Å². The molecular formula is C10H12NiO2. The van der Waals surface area contributed by atoms with Crippen LogP contribution < -0.4 is 9.47 Å². The molecule has 0 aliphatic heterocycles. The molecular weight excluding hydrogens is 211 g/mol. The molecule has 1 rings (SSSR count). The molecule has 0 saturated heterocycles. The zero-order chi connectivity index (χ0) is 9.68. The van der Waals surface area contributed by atoms with Gasteiger partial charge in [0, 0.05) is 0 Å². The van der Waals surface area contributed by atoms with Gasteiger partial charge in [0.05, 0.1) is 0 Å². The molecule has 0 fully saturated rings. The number of methoxy groups -OCH3 is 1. The van der Waals surface area contributed by atoms with Crippen LogP contribution in [0.2, 0.25) is 0 Å². The fraction of sp³-hybridized carbons (Fsp3) is 0.300. The average molecular weight is 223 g/mol. The van der Waals surface area contributed by atoms with Crippen LogP contribution in [0, 0.1) is 6.92 Å². The molecule has 0 saturated carbocycles. The Kier molecular flexibility index (Phi) is 3.97. The van der Waals surface area contributed by atoms with Gasteiger partial charge in [-0.1, -0.05) is 0 Å². The van der Waals surface area contributed by atoms with E-state index < -0.39 is 0 Å². The average Bonchev–Trinajstić information content (AvgIpc) is 2.17. The van der Waals surface area contributed by atoms with Crippen molar-refractivity contribution in [1.82, 2.24) is 0 Å². The van der Waals surface area contributed by atoms with Gasteiger partial charge in [0.25, 0.3) is 0 Å². The molecule has 0 N–H and O–H groups in total. The Bertz CT molecular complexity index is 297. The molecule has 74 valence electrons. The summed E-state index contributed by atoms with van der Waals surface area (Å²) < 4.78 is 10.5. The summed E-state index contributed by atoms with van der Waals surface area (Å²) in [4.78, 5) is 1.60. The molecule has 1 aromatic rings. The second-order valence-corrected chi connectivity index (χ2v) is 2.97. The molecule has 0 radical (unpaired) electrons. The standard InChI is InChI=1S/C10H12O2.Ni/c1-4-12-10-7-9(11-3)6-5-8(10)2;/h1,5-7H,4H2,2-3H3;. The van der Waals surface area contributed by atoms with Crippen LogP contribution in [0.25, 0.3) is 0 Å². The van der Waals surface area contributed by atoms with E-state index in [4.69, 9.17) is 9.47 Å². The third-order valence-corrected chi connectivity index (χ3v) is 1.85. The van der Waals surface area contributed by atoms with Gasteiger partial charge in [-0.2, -0.15) is 0 Å². The van der Waals surface area contributed by atoms with Gasteiger partial charge in [-0.25, -0.2) is 0 Å². The fourth-order valence-electron chi connectivity index (χ4n) is 0.979. The van der Waals surface area contributed by atoms with Gasteiger partial charge in [-0.3, -0.25) is 0 Å². The van der Waals surface area contributed by atoms with Crippen LogP contribution in [0.15, 0.2) is 18.2 Å². The Balaban J connectivity index is 2.83. The predicted octanol–water partition coefficient (Wildman–Crippen LogP) is 1.73. The maximum absolute atomic E-state index is 5.40. The number of hydrogen-bond acceptors (Lipinski definition) is 2. The first-order chi connectivity index (χ1) is 6.27. The van der Waals surface area contributed by atoms with Gasteiger partial charge in [0.1, 0.15) is 0 Å². The van der Waals surface area contributed by atoms with Crippen LogP contribution >= 0.6 is 0 Å². The van der Waals surface area contributed by atoms with Crippen molar-refractivity contribution in [3.05, 3.63) is 23.8 Å². The molecule has 0 spiro atoms. The van der Waals surface area contributed by atoms with Crippen molar-refractivity contribution in [3.63, 3.8) is 0 Å². The Morgan fingerprint density at radius 2 is 2.23 bits per heavy atom.